The third-order valence-electron chi connectivity index (χ3n) is 3.78. The Balaban J connectivity index is 1.75. The Bertz CT molecular complexity index is 790. The molecule has 1 aliphatic rings. The van der Waals surface area contributed by atoms with E-state index in [4.69, 9.17) is 4.98 Å². The predicted octanol–water partition coefficient (Wildman–Crippen LogP) is 2.07. The Morgan fingerprint density at radius 3 is 2.81 bits per heavy atom. The van der Waals surface area contributed by atoms with Crippen molar-refractivity contribution in [3.63, 3.8) is 0 Å². The van der Waals surface area contributed by atoms with Gasteiger partial charge in [-0.15, -0.1) is 0 Å². The van der Waals surface area contributed by atoms with Gasteiger partial charge in [0.15, 0.2) is 5.82 Å². The lowest BCUT2D eigenvalue weighted by Gasteiger charge is -2.32. The molecule has 0 aromatic carbocycles. The first-order valence-electron chi connectivity index (χ1n) is 7.09. The predicted molar refractivity (Wildman–Crippen MR) is 83.0 cm³/mol. The molecule has 6 nitrogen and oxygen atoms in total. The number of fused-ring (bicyclic) bond motifs is 1. The minimum atomic E-state index is 0.815. The molecule has 0 unspecified atom stereocenters. The number of nitrogens with zero attached hydrogens (tertiary/aromatic N) is 5. The zero-order chi connectivity index (χ0) is 14.2. The van der Waals surface area contributed by atoms with Crippen LogP contribution in [0.3, 0.4) is 0 Å². The van der Waals surface area contributed by atoms with Crippen LogP contribution in [0.2, 0.25) is 0 Å². The number of hydrogen-bond acceptors (Lipinski definition) is 5. The molecule has 0 atom stereocenters. The van der Waals surface area contributed by atoms with Crippen LogP contribution in [0.25, 0.3) is 16.7 Å². The summed E-state index contributed by atoms with van der Waals surface area (Å²) in [6.07, 6.45) is 5.03. The number of rotatable bonds is 3. The van der Waals surface area contributed by atoms with Crippen molar-refractivity contribution in [1.82, 2.24) is 19.7 Å². The molecule has 6 heteroatoms. The molecular weight excluding hydrogens is 264 g/mol. The molecule has 1 aliphatic heterocycles. The Kier molecular flexibility index (Phi) is 2.73. The van der Waals surface area contributed by atoms with Crippen LogP contribution in [0, 0.1) is 0 Å². The van der Waals surface area contributed by atoms with E-state index < -0.39 is 0 Å². The Hall–Kier alpha value is -2.63. The van der Waals surface area contributed by atoms with Gasteiger partial charge in [-0.3, -0.25) is 0 Å². The molecule has 106 valence electrons. The van der Waals surface area contributed by atoms with Gasteiger partial charge in [0.1, 0.15) is 11.6 Å². The van der Waals surface area contributed by atoms with Gasteiger partial charge in [0, 0.05) is 44.0 Å². The summed E-state index contributed by atoms with van der Waals surface area (Å²) in [5, 5.41) is 8.62. The van der Waals surface area contributed by atoms with Crippen molar-refractivity contribution in [3.8, 4) is 5.82 Å². The van der Waals surface area contributed by atoms with Crippen LogP contribution in [0.5, 0.6) is 0 Å². The molecule has 21 heavy (non-hydrogen) atoms. The fraction of sp³-hybridized carbons (Fsp3) is 0.267. The molecule has 0 aliphatic carbocycles. The van der Waals surface area contributed by atoms with Crippen molar-refractivity contribution >= 4 is 22.5 Å². The average molecular weight is 280 g/mol. The third kappa shape index (κ3) is 2.08. The summed E-state index contributed by atoms with van der Waals surface area (Å²) in [5.41, 5.74) is 0.908. The first-order chi connectivity index (χ1) is 10.3. The third-order valence-corrected chi connectivity index (χ3v) is 3.78. The molecule has 0 bridgehead atoms. The van der Waals surface area contributed by atoms with Gasteiger partial charge in [-0.2, -0.15) is 5.10 Å². The van der Waals surface area contributed by atoms with Crippen LogP contribution in [-0.2, 0) is 0 Å². The largest absolute Gasteiger partial charge is 0.373 e. The van der Waals surface area contributed by atoms with Crippen LogP contribution < -0.4 is 10.2 Å². The second kappa shape index (κ2) is 4.73. The number of pyridine rings is 2. The normalized spacial score (nSPS) is 14.2. The van der Waals surface area contributed by atoms with Crippen molar-refractivity contribution < 1.29 is 0 Å². The highest BCUT2D eigenvalue weighted by Crippen LogP contribution is 2.21. The SMILES string of the molecule is CNc1cc2nn(-c3cccc(N4CCC4)n3)cc2cn1. The molecule has 0 radical (unpaired) electrons. The molecule has 0 amide bonds. The van der Waals surface area contributed by atoms with E-state index in [0.29, 0.717) is 0 Å². The van der Waals surface area contributed by atoms with Crippen molar-refractivity contribution in [2.45, 2.75) is 6.42 Å². The van der Waals surface area contributed by atoms with Crippen LogP contribution in [-0.4, -0.2) is 39.9 Å². The highest BCUT2D eigenvalue weighted by Gasteiger charge is 2.16. The van der Waals surface area contributed by atoms with E-state index in [-0.39, 0.29) is 0 Å². The van der Waals surface area contributed by atoms with Crippen LogP contribution in [0.1, 0.15) is 6.42 Å². The molecule has 1 fully saturated rings. The Morgan fingerprint density at radius 1 is 1.19 bits per heavy atom. The maximum atomic E-state index is 4.69. The summed E-state index contributed by atoms with van der Waals surface area (Å²) < 4.78 is 1.81. The second-order valence-corrected chi connectivity index (χ2v) is 5.15. The Labute approximate surface area is 122 Å². The summed E-state index contributed by atoms with van der Waals surface area (Å²) in [4.78, 5) is 11.3. The first kappa shape index (κ1) is 12.1. The van der Waals surface area contributed by atoms with E-state index in [9.17, 15) is 0 Å². The van der Waals surface area contributed by atoms with Gasteiger partial charge in [-0.1, -0.05) is 6.07 Å². The maximum absolute atomic E-state index is 4.69. The lowest BCUT2D eigenvalue weighted by atomic mass is 10.2. The van der Waals surface area contributed by atoms with Crippen LogP contribution in [0.15, 0.2) is 36.7 Å². The molecule has 3 aromatic rings. The summed E-state index contributed by atoms with van der Waals surface area (Å²) >= 11 is 0. The maximum Gasteiger partial charge on any atom is 0.155 e. The highest BCUT2D eigenvalue weighted by molar-refractivity contribution is 5.80. The lowest BCUT2D eigenvalue weighted by molar-refractivity contribution is 0.608. The smallest absolute Gasteiger partial charge is 0.155 e. The topological polar surface area (TPSA) is 58.9 Å². The van der Waals surface area contributed by atoms with E-state index in [0.717, 1.165) is 41.4 Å². The van der Waals surface area contributed by atoms with Crippen molar-refractivity contribution in [3.05, 3.63) is 36.7 Å². The highest BCUT2D eigenvalue weighted by atomic mass is 15.3. The summed E-state index contributed by atoms with van der Waals surface area (Å²) in [6.45, 7) is 2.18. The average Bonchev–Trinajstić information content (AvgIpc) is 2.88. The van der Waals surface area contributed by atoms with Gasteiger partial charge in [0.25, 0.3) is 0 Å². The van der Waals surface area contributed by atoms with Gasteiger partial charge < -0.3 is 10.2 Å². The van der Waals surface area contributed by atoms with E-state index in [1.807, 2.05) is 48.4 Å². The summed E-state index contributed by atoms with van der Waals surface area (Å²) in [6, 6.07) is 7.98. The number of anilines is 2. The van der Waals surface area contributed by atoms with Crippen molar-refractivity contribution in [2.24, 2.45) is 0 Å². The number of hydrogen-bond donors (Lipinski definition) is 1. The van der Waals surface area contributed by atoms with Gasteiger partial charge in [-0.25, -0.2) is 14.6 Å². The molecule has 4 heterocycles. The van der Waals surface area contributed by atoms with Crippen molar-refractivity contribution in [2.75, 3.05) is 30.4 Å². The minimum absolute atomic E-state index is 0.815. The van der Waals surface area contributed by atoms with Gasteiger partial charge >= 0.3 is 0 Å². The minimum Gasteiger partial charge on any atom is -0.373 e. The molecule has 1 saturated heterocycles. The number of nitrogens with one attached hydrogen (secondary N) is 1. The molecule has 1 N–H and O–H groups in total. The molecule has 0 spiro atoms. The van der Waals surface area contributed by atoms with E-state index >= 15 is 0 Å². The van der Waals surface area contributed by atoms with E-state index in [1.54, 1.807) is 0 Å². The zero-order valence-electron chi connectivity index (χ0n) is 11.8. The summed E-state index contributed by atoms with van der Waals surface area (Å²) in [7, 11) is 1.85. The fourth-order valence-corrected chi connectivity index (χ4v) is 2.43. The molecular formula is C15H16N6. The quantitative estimate of drug-likeness (QED) is 0.796. The monoisotopic (exact) mass is 280 g/mol. The second-order valence-electron chi connectivity index (χ2n) is 5.15. The zero-order valence-corrected chi connectivity index (χ0v) is 11.8. The van der Waals surface area contributed by atoms with Crippen LogP contribution >= 0.6 is 0 Å². The van der Waals surface area contributed by atoms with E-state index in [2.05, 4.69) is 20.3 Å². The van der Waals surface area contributed by atoms with Gasteiger partial charge in [0.2, 0.25) is 0 Å². The van der Waals surface area contributed by atoms with Gasteiger partial charge in [-0.05, 0) is 18.6 Å². The number of aromatic nitrogens is 4. The fourth-order valence-electron chi connectivity index (χ4n) is 2.43. The molecule has 0 saturated carbocycles. The molecule has 3 aromatic heterocycles. The molecule has 4 rings (SSSR count). The lowest BCUT2D eigenvalue weighted by Crippen LogP contribution is -2.37. The Morgan fingerprint density at radius 2 is 2.05 bits per heavy atom. The first-order valence-corrected chi connectivity index (χ1v) is 7.09. The standard InChI is InChI=1S/C15H16N6/c1-16-13-8-12-11(9-17-13)10-21(19-12)15-5-2-4-14(18-15)20-6-3-7-20/h2,4-5,8-10,16H,3,6-7H2,1H3. The van der Waals surface area contributed by atoms with Gasteiger partial charge in [0.05, 0.1) is 5.52 Å². The summed E-state index contributed by atoms with van der Waals surface area (Å²) in [5.74, 6) is 2.67. The van der Waals surface area contributed by atoms with Crippen molar-refractivity contribution in [1.29, 1.82) is 0 Å². The van der Waals surface area contributed by atoms with E-state index in [1.165, 1.54) is 6.42 Å². The van der Waals surface area contributed by atoms with Crippen LogP contribution in [0.4, 0.5) is 11.6 Å².